The molecule has 0 aromatic rings. The lowest BCUT2D eigenvalue weighted by Gasteiger charge is -2.19. The topological polar surface area (TPSA) is 86.5 Å². The monoisotopic (exact) mass is 201 g/mol. The van der Waals surface area contributed by atoms with Gasteiger partial charge in [0.25, 0.3) is 14.1 Å². The van der Waals surface area contributed by atoms with Crippen LogP contribution in [0.4, 0.5) is 0 Å². The maximum Gasteiger partial charge on any atom is 0.305 e. The average Bonchev–Trinajstić information content (AvgIpc) is 1.56. The molecule has 0 fully saturated rings. The van der Waals surface area contributed by atoms with Crippen LogP contribution in [0, 0.1) is 0 Å². The Morgan fingerprint density at radius 2 is 2.00 bits per heavy atom. The Balaban J connectivity index is 4.62. The van der Waals surface area contributed by atoms with Crippen LogP contribution < -0.4 is 5.73 Å². The van der Waals surface area contributed by atoms with E-state index in [0.29, 0.717) is 0 Å². The molecule has 0 bridgehead atoms. The second kappa shape index (κ2) is 2.96. The molecule has 0 heterocycles. The highest BCUT2D eigenvalue weighted by Gasteiger charge is 2.36. The molecule has 11 heavy (non-hydrogen) atoms. The summed E-state index contributed by atoms with van der Waals surface area (Å²) in [6.45, 7) is 2.02. The van der Waals surface area contributed by atoms with Gasteiger partial charge in [0.15, 0.2) is 0 Å². The maximum atomic E-state index is 10.6. The van der Waals surface area contributed by atoms with Crippen molar-refractivity contribution in [2.75, 3.05) is 0 Å². The number of rotatable bonds is 2. The van der Waals surface area contributed by atoms with Crippen LogP contribution in [0.1, 0.15) is 13.8 Å². The molecule has 0 radical (unpaired) electrons. The molecule has 0 aromatic heterocycles. The van der Waals surface area contributed by atoms with E-state index < -0.39 is 20.1 Å². The standard InChI is InChI=1S/C4H8ClNO4S/c1-3(7)10-4(2,6)11(5,8)9/h6H2,1-2H3. The molecule has 0 aliphatic heterocycles. The van der Waals surface area contributed by atoms with E-state index in [0.717, 1.165) is 13.8 Å². The third-order valence-electron chi connectivity index (χ3n) is 0.831. The van der Waals surface area contributed by atoms with Crippen molar-refractivity contribution in [3.8, 4) is 0 Å². The Kier molecular flexibility index (Phi) is 2.87. The smallest absolute Gasteiger partial charge is 0.305 e. The first kappa shape index (κ1) is 10.7. The van der Waals surface area contributed by atoms with Crippen molar-refractivity contribution in [3.63, 3.8) is 0 Å². The summed E-state index contributed by atoms with van der Waals surface area (Å²) >= 11 is 0. The molecule has 2 N–H and O–H groups in total. The summed E-state index contributed by atoms with van der Waals surface area (Å²) in [6, 6.07) is 0. The van der Waals surface area contributed by atoms with Crippen molar-refractivity contribution >= 4 is 25.7 Å². The van der Waals surface area contributed by atoms with Crippen molar-refractivity contribution in [2.45, 2.75) is 18.9 Å². The van der Waals surface area contributed by atoms with Gasteiger partial charge in [-0.1, -0.05) is 0 Å². The van der Waals surface area contributed by atoms with E-state index in [2.05, 4.69) is 4.74 Å². The summed E-state index contributed by atoms with van der Waals surface area (Å²) in [7, 11) is 0.748. The van der Waals surface area contributed by atoms with Gasteiger partial charge in [0, 0.05) is 24.5 Å². The molecule has 0 rings (SSSR count). The number of hydrogen-bond acceptors (Lipinski definition) is 5. The normalized spacial score (nSPS) is 17.1. The molecule has 0 amide bonds. The largest absolute Gasteiger partial charge is 0.428 e. The predicted octanol–water partition coefficient (Wildman–Crippen LogP) is -0.249. The van der Waals surface area contributed by atoms with Crippen LogP contribution in [-0.4, -0.2) is 19.4 Å². The lowest BCUT2D eigenvalue weighted by atomic mass is 10.6. The van der Waals surface area contributed by atoms with Crippen molar-refractivity contribution in [3.05, 3.63) is 0 Å². The first-order valence-corrected chi connectivity index (χ1v) is 4.90. The lowest BCUT2D eigenvalue weighted by molar-refractivity contribution is -0.147. The summed E-state index contributed by atoms with van der Waals surface area (Å²) < 4.78 is 25.3. The van der Waals surface area contributed by atoms with E-state index in [1.807, 2.05) is 0 Å². The predicted molar refractivity (Wildman–Crippen MR) is 39.1 cm³/mol. The summed E-state index contributed by atoms with van der Waals surface area (Å²) in [5, 5.41) is -2.15. The Morgan fingerprint density at radius 1 is 1.64 bits per heavy atom. The van der Waals surface area contributed by atoms with Crippen LogP contribution in [0.15, 0.2) is 0 Å². The number of carbonyl (C=O) groups excluding carboxylic acids is 1. The molecule has 1 atom stereocenters. The fourth-order valence-corrected chi connectivity index (χ4v) is 0.647. The molecule has 0 saturated carbocycles. The highest BCUT2D eigenvalue weighted by atomic mass is 35.7. The van der Waals surface area contributed by atoms with Crippen LogP contribution in [0.2, 0.25) is 0 Å². The van der Waals surface area contributed by atoms with Gasteiger partial charge in [-0.15, -0.1) is 0 Å². The third kappa shape index (κ3) is 3.04. The fourth-order valence-electron chi connectivity index (χ4n) is 0.335. The second-order valence-corrected chi connectivity index (χ2v) is 4.95. The van der Waals surface area contributed by atoms with E-state index in [4.69, 9.17) is 16.4 Å². The van der Waals surface area contributed by atoms with Crippen LogP contribution in [-0.2, 0) is 18.6 Å². The van der Waals surface area contributed by atoms with Gasteiger partial charge in [0.1, 0.15) is 0 Å². The molecule has 0 aromatic carbocycles. The summed E-state index contributed by atoms with van der Waals surface area (Å²) in [5.74, 6) is -0.806. The molecule has 1 unspecified atom stereocenters. The van der Waals surface area contributed by atoms with Gasteiger partial charge in [-0.2, -0.15) is 0 Å². The zero-order valence-corrected chi connectivity index (χ0v) is 7.57. The summed E-state index contributed by atoms with van der Waals surface area (Å²) in [5.41, 5.74) is 5.03. The van der Waals surface area contributed by atoms with Crippen LogP contribution in [0.3, 0.4) is 0 Å². The molecule has 0 aliphatic carbocycles. The highest BCUT2D eigenvalue weighted by molar-refractivity contribution is 8.14. The van der Waals surface area contributed by atoms with Crippen molar-refractivity contribution in [2.24, 2.45) is 5.73 Å². The SMILES string of the molecule is CC(=O)OC(C)(N)S(=O)(=O)Cl. The van der Waals surface area contributed by atoms with E-state index in [1.165, 1.54) is 0 Å². The molecular formula is C4H8ClNO4S. The zero-order valence-electron chi connectivity index (χ0n) is 6.00. The number of halogens is 1. The van der Waals surface area contributed by atoms with Crippen LogP contribution >= 0.6 is 10.7 Å². The zero-order chi connectivity index (χ0) is 9.28. The van der Waals surface area contributed by atoms with Gasteiger partial charge in [0.05, 0.1) is 0 Å². The first-order chi connectivity index (χ1) is 4.67. The molecule has 66 valence electrons. The van der Waals surface area contributed by atoms with Gasteiger partial charge in [-0.3, -0.25) is 10.5 Å². The van der Waals surface area contributed by atoms with Crippen molar-refractivity contribution in [1.29, 1.82) is 0 Å². The minimum Gasteiger partial charge on any atom is -0.428 e. The highest BCUT2D eigenvalue weighted by Crippen LogP contribution is 2.16. The lowest BCUT2D eigenvalue weighted by Crippen LogP contribution is -2.45. The van der Waals surface area contributed by atoms with Gasteiger partial charge in [-0.25, -0.2) is 8.42 Å². The number of nitrogens with two attached hydrogens (primary N) is 1. The van der Waals surface area contributed by atoms with Gasteiger partial charge in [-0.05, 0) is 0 Å². The molecule has 5 nitrogen and oxygen atoms in total. The van der Waals surface area contributed by atoms with Crippen molar-refractivity contribution < 1.29 is 17.9 Å². The first-order valence-electron chi connectivity index (χ1n) is 2.59. The Morgan fingerprint density at radius 3 is 2.09 bits per heavy atom. The number of esters is 1. The Hall–Kier alpha value is -0.330. The minimum absolute atomic E-state index is 0.806. The third-order valence-corrected chi connectivity index (χ3v) is 2.80. The van der Waals surface area contributed by atoms with E-state index in [-0.39, 0.29) is 0 Å². The van der Waals surface area contributed by atoms with Crippen molar-refractivity contribution in [1.82, 2.24) is 0 Å². The van der Waals surface area contributed by atoms with Crippen LogP contribution in [0.25, 0.3) is 0 Å². The van der Waals surface area contributed by atoms with Crippen LogP contribution in [0.5, 0.6) is 0 Å². The average molecular weight is 202 g/mol. The molecule has 7 heteroatoms. The van der Waals surface area contributed by atoms with E-state index in [9.17, 15) is 13.2 Å². The minimum atomic E-state index is -4.09. The summed E-state index contributed by atoms with van der Waals surface area (Å²) in [4.78, 5) is 10.3. The van der Waals surface area contributed by atoms with E-state index >= 15 is 0 Å². The van der Waals surface area contributed by atoms with E-state index in [1.54, 1.807) is 0 Å². The number of ether oxygens (including phenoxy) is 1. The Bertz CT molecular complexity index is 257. The second-order valence-electron chi connectivity index (χ2n) is 2.05. The number of hydrogen-bond donors (Lipinski definition) is 1. The summed E-state index contributed by atoms with van der Waals surface area (Å²) in [6.07, 6.45) is 0. The van der Waals surface area contributed by atoms with Gasteiger partial charge < -0.3 is 4.74 Å². The number of carbonyl (C=O) groups is 1. The van der Waals surface area contributed by atoms with Gasteiger partial charge >= 0.3 is 5.97 Å². The fraction of sp³-hybridized carbons (Fsp3) is 0.750. The molecular weight excluding hydrogens is 194 g/mol. The quantitative estimate of drug-likeness (QED) is 0.378. The Labute approximate surface area is 68.9 Å². The van der Waals surface area contributed by atoms with Gasteiger partial charge in [0.2, 0.25) is 0 Å². The molecule has 0 saturated heterocycles. The molecule has 0 aliphatic rings. The molecule has 0 spiro atoms. The maximum absolute atomic E-state index is 10.6.